The number of para-hydroxylation sites is 1. The highest BCUT2D eigenvalue weighted by molar-refractivity contribution is 7.16. The van der Waals surface area contributed by atoms with E-state index >= 15 is 0 Å². The molecule has 1 aromatic heterocycles. The van der Waals surface area contributed by atoms with Crippen LogP contribution in [0.1, 0.15) is 22.8 Å². The fourth-order valence-electron chi connectivity index (χ4n) is 2.71. The van der Waals surface area contributed by atoms with Crippen LogP contribution in [0.4, 0.5) is 5.69 Å². The molecule has 3 aromatic rings. The van der Waals surface area contributed by atoms with Crippen molar-refractivity contribution in [2.24, 2.45) is 4.99 Å². The van der Waals surface area contributed by atoms with Gasteiger partial charge in [-0.1, -0.05) is 35.1 Å². The number of carbonyl (C=O) groups excluding carboxylic acids is 1. The summed E-state index contributed by atoms with van der Waals surface area (Å²) >= 11 is 7.45. The summed E-state index contributed by atoms with van der Waals surface area (Å²) in [6.45, 7) is 4.51. The Bertz CT molecular complexity index is 1070. The molecule has 1 heterocycles. The number of aromatic nitrogens is 1. The maximum absolute atomic E-state index is 12.5. The monoisotopic (exact) mass is 375 g/mol. The van der Waals surface area contributed by atoms with Crippen molar-refractivity contribution in [3.05, 3.63) is 67.5 Å². The summed E-state index contributed by atoms with van der Waals surface area (Å²) in [6.07, 6.45) is 0. The van der Waals surface area contributed by atoms with Gasteiger partial charge in [-0.05, 0) is 37.6 Å². The standard InChI is InChI=1S/C17H14ClN3O3S/c1-3-20-15-10(2)8-11(18)9-14(15)25-17(20)19-16(22)12-6-4-5-7-13(12)21(23)24/h4-9H,3H2,1-2H3. The summed E-state index contributed by atoms with van der Waals surface area (Å²) in [7, 11) is 0. The molecular formula is C17H14ClN3O3S. The van der Waals surface area contributed by atoms with E-state index in [4.69, 9.17) is 11.6 Å². The maximum Gasteiger partial charge on any atom is 0.286 e. The van der Waals surface area contributed by atoms with Gasteiger partial charge in [0.1, 0.15) is 5.56 Å². The largest absolute Gasteiger partial charge is 0.316 e. The van der Waals surface area contributed by atoms with E-state index in [0.29, 0.717) is 16.4 Å². The van der Waals surface area contributed by atoms with Crippen LogP contribution in [0.2, 0.25) is 5.02 Å². The first-order chi connectivity index (χ1) is 11.9. The van der Waals surface area contributed by atoms with E-state index in [1.165, 1.54) is 29.5 Å². The zero-order chi connectivity index (χ0) is 18.1. The molecular weight excluding hydrogens is 362 g/mol. The van der Waals surface area contributed by atoms with E-state index < -0.39 is 10.8 Å². The molecule has 0 spiro atoms. The normalized spacial score (nSPS) is 11.9. The Morgan fingerprint density at radius 1 is 1.36 bits per heavy atom. The molecule has 25 heavy (non-hydrogen) atoms. The number of fused-ring (bicyclic) bond motifs is 1. The predicted octanol–water partition coefficient (Wildman–Crippen LogP) is 4.33. The SMILES string of the molecule is CCn1c(=NC(=O)c2ccccc2[N+](=O)[O-])sc2cc(Cl)cc(C)c21. The van der Waals surface area contributed by atoms with Gasteiger partial charge in [-0.2, -0.15) is 4.99 Å². The molecule has 0 unspecified atom stereocenters. The van der Waals surface area contributed by atoms with Crippen LogP contribution in [-0.2, 0) is 6.54 Å². The Labute approximate surface area is 152 Å². The Balaban J connectivity index is 2.21. The van der Waals surface area contributed by atoms with Crippen molar-refractivity contribution in [3.8, 4) is 0 Å². The maximum atomic E-state index is 12.5. The van der Waals surface area contributed by atoms with Gasteiger partial charge >= 0.3 is 0 Å². The molecule has 0 atom stereocenters. The molecule has 8 heteroatoms. The van der Waals surface area contributed by atoms with Crippen LogP contribution in [0.15, 0.2) is 41.4 Å². The first-order valence-electron chi connectivity index (χ1n) is 7.54. The first kappa shape index (κ1) is 17.3. The second-order valence-electron chi connectivity index (χ2n) is 5.39. The zero-order valence-electron chi connectivity index (χ0n) is 13.5. The van der Waals surface area contributed by atoms with E-state index in [9.17, 15) is 14.9 Å². The lowest BCUT2D eigenvalue weighted by molar-refractivity contribution is -0.385. The fraction of sp³-hybridized carbons (Fsp3) is 0.176. The van der Waals surface area contributed by atoms with Crippen LogP contribution in [0.3, 0.4) is 0 Å². The minimum absolute atomic E-state index is 0.0256. The van der Waals surface area contributed by atoms with E-state index in [1.807, 2.05) is 30.5 Å². The number of hydrogen-bond donors (Lipinski definition) is 0. The van der Waals surface area contributed by atoms with Crippen molar-refractivity contribution in [2.45, 2.75) is 20.4 Å². The number of halogens is 1. The van der Waals surface area contributed by atoms with Crippen LogP contribution in [-0.4, -0.2) is 15.4 Å². The summed E-state index contributed by atoms with van der Waals surface area (Å²) < 4.78 is 2.83. The van der Waals surface area contributed by atoms with E-state index in [1.54, 1.807) is 6.07 Å². The van der Waals surface area contributed by atoms with Crippen LogP contribution < -0.4 is 4.80 Å². The molecule has 0 saturated heterocycles. The third-order valence-corrected chi connectivity index (χ3v) is 5.02. The lowest BCUT2D eigenvalue weighted by atomic mass is 10.2. The molecule has 0 bridgehead atoms. The number of rotatable bonds is 3. The molecule has 0 aliphatic heterocycles. The van der Waals surface area contributed by atoms with Gasteiger partial charge in [-0.3, -0.25) is 14.9 Å². The van der Waals surface area contributed by atoms with E-state index in [0.717, 1.165) is 15.8 Å². The minimum atomic E-state index is -0.634. The van der Waals surface area contributed by atoms with Gasteiger partial charge in [0, 0.05) is 17.6 Å². The van der Waals surface area contributed by atoms with Crippen molar-refractivity contribution >= 4 is 44.7 Å². The zero-order valence-corrected chi connectivity index (χ0v) is 15.1. The number of nitrogens with zero attached hydrogens (tertiary/aromatic N) is 3. The van der Waals surface area contributed by atoms with E-state index in [2.05, 4.69) is 4.99 Å². The number of hydrogen-bond acceptors (Lipinski definition) is 4. The molecule has 0 aliphatic carbocycles. The van der Waals surface area contributed by atoms with Crippen molar-refractivity contribution in [1.82, 2.24) is 4.57 Å². The molecule has 0 saturated carbocycles. The van der Waals surface area contributed by atoms with Crippen molar-refractivity contribution in [3.63, 3.8) is 0 Å². The van der Waals surface area contributed by atoms with Crippen LogP contribution >= 0.6 is 22.9 Å². The highest BCUT2D eigenvalue weighted by Crippen LogP contribution is 2.26. The summed E-state index contributed by atoms with van der Waals surface area (Å²) in [5, 5.41) is 11.7. The smallest absolute Gasteiger partial charge is 0.286 e. The number of thiazole rings is 1. The topological polar surface area (TPSA) is 77.5 Å². The molecule has 3 rings (SSSR count). The van der Waals surface area contributed by atoms with Gasteiger partial charge in [-0.25, -0.2) is 0 Å². The molecule has 0 fully saturated rings. The molecule has 0 radical (unpaired) electrons. The number of aryl methyl sites for hydroxylation is 2. The predicted molar refractivity (Wildman–Crippen MR) is 98.2 cm³/mol. The van der Waals surface area contributed by atoms with Gasteiger partial charge in [0.2, 0.25) is 0 Å². The van der Waals surface area contributed by atoms with Gasteiger partial charge < -0.3 is 4.57 Å². The third-order valence-electron chi connectivity index (χ3n) is 3.78. The number of nitro benzene ring substituents is 1. The third kappa shape index (κ3) is 3.20. The lowest BCUT2D eigenvalue weighted by Crippen LogP contribution is -2.16. The molecule has 128 valence electrons. The quantitative estimate of drug-likeness (QED) is 0.504. The molecule has 6 nitrogen and oxygen atoms in total. The average molecular weight is 376 g/mol. The second-order valence-corrected chi connectivity index (χ2v) is 6.84. The number of benzene rings is 2. The number of nitro groups is 1. The number of carbonyl (C=O) groups is 1. The fourth-order valence-corrected chi connectivity index (χ4v) is 4.26. The van der Waals surface area contributed by atoms with Crippen LogP contribution in [0.25, 0.3) is 10.2 Å². The van der Waals surface area contributed by atoms with Gasteiger partial charge in [0.05, 0.1) is 15.1 Å². The van der Waals surface area contributed by atoms with E-state index in [-0.39, 0.29) is 11.3 Å². The van der Waals surface area contributed by atoms with Gasteiger partial charge in [0.25, 0.3) is 11.6 Å². The lowest BCUT2D eigenvalue weighted by Gasteiger charge is -2.04. The summed E-state index contributed by atoms with van der Waals surface area (Å²) in [6, 6.07) is 9.50. The molecule has 0 N–H and O–H groups in total. The average Bonchev–Trinajstić information content (AvgIpc) is 2.91. The van der Waals surface area contributed by atoms with Gasteiger partial charge in [0.15, 0.2) is 4.80 Å². The highest BCUT2D eigenvalue weighted by Gasteiger charge is 2.19. The minimum Gasteiger partial charge on any atom is -0.316 e. The van der Waals surface area contributed by atoms with Crippen molar-refractivity contribution in [1.29, 1.82) is 0 Å². The molecule has 2 aromatic carbocycles. The molecule has 1 amide bonds. The Hall–Kier alpha value is -2.51. The second kappa shape index (κ2) is 6.78. The van der Waals surface area contributed by atoms with Gasteiger partial charge in [-0.15, -0.1) is 0 Å². The summed E-state index contributed by atoms with van der Waals surface area (Å²) in [5.74, 6) is -0.634. The van der Waals surface area contributed by atoms with Crippen molar-refractivity contribution < 1.29 is 9.72 Å². The molecule has 0 aliphatic rings. The van der Waals surface area contributed by atoms with Crippen molar-refractivity contribution in [2.75, 3.05) is 0 Å². The Morgan fingerprint density at radius 3 is 2.76 bits per heavy atom. The summed E-state index contributed by atoms with van der Waals surface area (Å²) in [5.41, 5.74) is 1.67. The van der Waals surface area contributed by atoms with Crippen LogP contribution in [0.5, 0.6) is 0 Å². The highest BCUT2D eigenvalue weighted by atomic mass is 35.5. The summed E-state index contributed by atoms with van der Waals surface area (Å²) in [4.78, 5) is 27.7. The Morgan fingerprint density at radius 2 is 2.08 bits per heavy atom. The number of amides is 1. The first-order valence-corrected chi connectivity index (χ1v) is 8.73. The van der Waals surface area contributed by atoms with Crippen LogP contribution in [0, 0.1) is 17.0 Å². The Kier molecular flexibility index (Phi) is 4.69.